The summed E-state index contributed by atoms with van der Waals surface area (Å²) < 4.78 is 11.3. The van der Waals surface area contributed by atoms with E-state index in [4.69, 9.17) is 9.47 Å². The molecule has 1 N–H and O–H groups in total. The first-order valence-corrected chi connectivity index (χ1v) is 10.5. The van der Waals surface area contributed by atoms with Gasteiger partial charge in [-0.05, 0) is 50.5 Å². The molecule has 5 nitrogen and oxygen atoms in total. The van der Waals surface area contributed by atoms with Gasteiger partial charge in [0.05, 0.1) is 13.2 Å². The van der Waals surface area contributed by atoms with Gasteiger partial charge in [-0.2, -0.15) is 0 Å². The number of ether oxygens (including phenoxy) is 2. The van der Waals surface area contributed by atoms with Gasteiger partial charge in [0.15, 0.2) is 0 Å². The van der Waals surface area contributed by atoms with Crippen LogP contribution in [0.5, 0.6) is 5.75 Å². The van der Waals surface area contributed by atoms with Crippen LogP contribution in [-0.4, -0.2) is 49.3 Å². The van der Waals surface area contributed by atoms with Crippen molar-refractivity contribution in [2.75, 3.05) is 20.3 Å². The summed E-state index contributed by atoms with van der Waals surface area (Å²) in [6, 6.07) is 9.26. The Morgan fingerprint density at radius 3 is 2.64 bits per heavy atom. The molecule has 3 aliphatic rings. The Hall–Kier alpha value is -1.30. The van der Waals surface area contributed by atoms with Crippen LogP contribution in [-0.2, 0) is 16.1 Å². The van der Waals surface area contributed by atoms with E-state index in [1.807, 2.05) is 23.1 Å². The van der Waals surface area contributed by atoms with Crippen LogP contribution >= 0.6 is 12.4 Å². The van der Waals surface area contributed by atoms with E-state index in [1.165, 1.54) is 12.8 Å². The third-order valence-electron chi connectivity index (χ3n) is 6.39. The molecule has 0 aliphatic carbocycles. The molecule has 1 aromatic rings. The molecule has 28 heavy (non-hydrogen) atoms. The van der Waals surface area contributed by atoms with Gasteiger partial charge in [0.1, 0.15) is 5.75 Å². The second kappa shape index (κ2) is 9.95. The largest absolute Gasteiger partial charge is 0.496 e. The van der Waals surface area contributed by atoms with Crippen molar-refractivity contribution in [1.82, 2.24) is 10.2 Å². The SMILES string of the molecule is COc1ccccc1CN(CC1CCCO1)C(=O)CC1CC2CCC(C1)N2.Cl. The Labute approximate surface area is 174 Å². The van der Waals surface area contributed by atoms with E-state index >= 15 is 0 Å². The lowest BCUT2D eigenvalue weighted by atomic mass is 9.89. The van der Waals surface area contributed by atoms with E-state index in [0.717, 1.165) is 43.6 Å². The summed E-state index contributed by atoms with van der Waals surface area (Å²) >= 11 is 0. The van der Waals surface area contributed by atoms with Gasteiger partial charge in [0, 0.05) is 43.8 Å². The topological polar surface area (TPSA) is 50.8 Å². The summed E-state index contributed by atoms with van der Waals surface area (Å²) in [7, 11) is 1.69. The number of piperidine rings is 1. The van der Waals surface area contributed by atoms with Crippen LogP contribution in [0.25, 0.3) is 0 Å². The van der Waals surface area contributed by atoms with Crippen LogP contribution in [0.15, 0.2) is 24.3 Å². The Balaban J connectivity index is 0.00000225. The van der Waals surface area contributed by atoms with E-state index in [2.05, 4.69) is 11.4 Å². The molecule has 3 unspecified atom stereocenters. The molecule has 0 aromatic heterocycles. The molecule has 2 bridgehead atoms. The summed E-state index contributed by atoms with van der Waals surface area (Å²) in [5.41, 5.74) is 1.07. The Bertz CT molecular complexity index is 638. The fourth-order valence-electron chi connectivity index (χ4n) is 5.05. The molecule has 0 saturated carbocycles. The van der Waals surface area contributed by atoms with Gasteiger partial charge in [-0.25, -0.2) is 0 Å². The maximum atomic E-state index is 13.2. The molecule has 0 radical (unpaired) electrons. The first kappa shape index (κ1) is 21.4. The number of benzene rings is 1. The number of carbonyl (C=O) groups is 1. The lowest BCUT2D eigenvalue weighted by molar-refractivity contribution is -0.134. The number of carbonyl (C=O) groups excluding carboxylic acids is 1. The summed E-state index contributed by atoms with van der Waals surface area (Å²) in [5.74, 6) is 1.63. The fourth-order valence-corrected chi connectivity index (χ4v) is 5.05. The number of methoxy groups -OCH3 is 1. The third-order valence-corrected chi connectivity index (χ3v) is 6.39. The fraction of sp³-hybridized carbons (Fsp3) is 0.682. The van der Waals surface area contributed by atoms with E-state index in [9.17, 15) is 4.79 Å². The van der Waals surface area contributed by atoms with Crippen LogP contribution in [0.2, 0.25) is 0 Å². The minimum Gasteiger partial charge on any atom is -0.496 e. The smallest absolute Gasteiger partial charge is 0.223 e. The number of hydrogen-bond donors (Lipinski definition) is 1. The van der Waals surface area contributed by atoms with Crippen molar-refractivity contribution in [3.05, 3.63) is 29.8 Å². The minimum atomic E-state index is 0. The number of nitrogens with one attached hydrogen (secondary N) is 1. The van der Waals surface area contributed by atoms with Gasteiger partial charge in [-0.1, -0.05) is 18.2 Å². The summed E-state index contributed by atoms with van der Waals surface area (Å²) in [6.07, 6.45) is 7.82. The van der Waals surface area contributed by atoms with Crippen molar-refractivity contribution in [2.24, 2.45) is 5.92 Å². The number of amides is 1. The summed E-state index contributed by atoms with van der Waals surface area (Å²) in [6.45, 7) is 2.11. The molecular formula is C22H33ClN2O3. The number of halogens is 1. The number of para-hydroxylation sites is 1. The molecular weight excluding hydrogens is 376 g/mol. The highest BCUT2D eigenvalue weighted by atomic mass is 35.5. The van der Waals surface area contributed by atoms with Crippen molar-refractivity contribution in [2.45, 2.75) is 69.7 Å². The lowest BCUT2D eigenvalue weighted by Crippen LogP contribution is -2.42. The van der Waals surface area contributed by atoms with Crippen LogP contribution < -0.4 is 10.1 Å². The van der Waals surface area contributed by atoms with E-state index in [1.54, 1.807) is 7.11 Å². The number of nitrogens with zero attached hydrogens (tertiary/aromatic N) is 1. The molecule has 3 saturated heterocycles. The van der Waals surface area contributed by atoms with Crippen molar-refractivity contribution in [3.8, 4) is 5.75 Å². The molecule has 156 valence electrons. The lowest BCUT2D eigenvalue weighted by Gasteiger charge is -2.32. The van der Waals surface area contributed by atoms with Gasteiger partial charge in [0.2, 0.25) is 5.91 Å². The Morgan fingerprint density at radius 1 is 1.21 bits per heavy atom. The zero-order chi connectivity index (χ0) is 18.6. The summed E-state index contributed by atoms with van der Waals surface area (Å²) in [4.78, 5) is 15.3. The van der Waals surface area contributed by atoms with E-state index in [0.29, 0.717) is 37.5 Å². The number of fused-ring (bicyclic) bond motifs is 2. The monoisotopic (exact) mass is 408 g/mol. The number of hydrogen-bond acceptors (Lipinski definition) is 4. The first-order chi connectivity index (χ1) is 13.2. The molecule has 6 heteroatoms. The van der Waals surface area contributed by atoms with Crippen molar-refractivity contribution < 1.29 is 14.3 Å². The van der Waals surface area contributed by atoms with Gasteiger partial charge < -0.3 is 19.7 Å². The first-order valence-electron chi connectivity index (χ1n) is 10.5. The van der Waals surface area contributed by atoms with Crippen molar-refractivity contribution >= 4 is 18.3 Å². The average molecular weight is 409 g/mol. The quantitative estimate of drug-likeness (QED) is 0.749. The second-order valence-electron chi connectivity index (χ2n) is 8.40. The number of rotatable bonds is 7. The second-order valence-corrected chi connectivity index (χ2v) is 8.40. The molecule has 3 heterocycles. The zero-order valence-electron chi connectivity index (χ0n) is 16.8. The molecule has 1 aromatic carbocycles. The van der Waals surface area contributed by atoms with Crippen molar-refractivity contribution in [3.63, 3.8) is 0 Å². The molecule has 3 atom stereocenters. The molecule has 3 aliphatic heterocycles. The Morgan fingerprint density at radius 2 is 1.96 bits per heavy atom. The van der Waals surface area contributed by atoms with Crippen LogP contribution in [0.3, 0.4) is 0 Å². The maximum Gasteiger partial charge on any atom is 0.223 e. The van der Waals surface area contributed by atoms with Gasteiger partial charge in [-0.3, -0.25) is 4.79 Å². The zero-order valence-corrected chi connectivity index (χ0v) is 17.6. The molecule has 4 rings (SSSR count). The standard InChI is InChI=1S/C22H32N2O3.ClH/c1-26-21-7-3-2-5-17(21)14-24(15-20-6-4-10-27-20)22(25)13-16-11-18-8-9-19(12-16)23-18;/h2-3,5,7,16,18-20,23H,4,6,8-15H2,1H3;1H. The van der Waals surface area contributed by atoms with Crippen LogP contribution in [0, 0.1) is 5.92 Å². The minimum absolute atomic E-state index is 0. The van der Waals surface area contributed by atoms with Gasteiger partial charge in [-0.15, -0.1) is 12.4 Å². The predicted molar refractivity (Wildman–Crippen MR) is 112 cm³/mol. The van der Waals surface area contributed by atoms with Gasteiger partial charge in [0.25, 0.3) is 0 Å². The Kier molecular flexibility index (Phi) is 7.61. The molecule has 3 fully saturated rings. The normalized spacial score (nSPS) is 28.6. The van der Waals surface area contributed by atoms with Crippen LogP contribution in [0.1, 0.15) is 50.5 Å². The highest BCUT2D eigenvalue weighted by Gasteiger charge is 2.35. The molecule has 1 amide bonds. The highest BCUT2D eigenvalue weighted by Crippen LogP contribution is 2.33. The maximum absolute atomic E-state index is 13.2. The third kappa shape index (κ3) is 5.19. The van der Waals surface area contributed by atoms with Crippen molar-refractivity contribution in [1.29, 1.82) is 0 Å². The molecule has 0 spiro atoms. The summed E-state index contributed by atoms with van der Waals surface area (Å²) in [5, 5.41) is 3.67. The van der Waals surface area contributed by atoms with E-state index < -0.39 is 0 Å². The predicted octanol–water partition coefficient (Wildman–Crippen LogP) is 3.55. The van der Waals surface area contributed by atoms with Gasteiger partial charge >= 0.3 is 0 Å². The average Bonchev–Trinajstić information content (AvgIpc) is 3.31. The van der Waals surface area contributed by atoms with Crippen LogP contribution in [0.4, 0.5) is 0 Å². The van der Waals surface area contributed by atoms with E-state index in [-0.39, 0.29) is 24.4 Å². The highest BCUT2D eigenvalue weighted by molar-refractivity contribution is 5.85.